The van der Waals surface area contributed by atoms with Crippen LogP contribution in [0.4, 0.5) is 4.39 Å². The number of amides is 4. The smallest absolute Gasteiger partial charge is 0.217 e. The molecule has 0 fully saturated rings. The van der Waals surface area contributed by atoms with Crippen LogP contribution < -0.4 is 22.9 Å². The zero-order valence-corrected chi connectivity index (χ0v) is 56.7. The van der Waals surface area contributed by atoms with Crippen molar-refractivity contribution in [3.63, 3.8) is 0 Å². The van der Waals surface area contributed by atoms with Crippen LogP contribution in [0.2, 0.25) is 0 Å². The zero-order chi connectivity index (χ0) is 70.9. The van der Waals surface area contributed by atoms with E-state index in [1.165, 1.54) is 33.7 Å². The number of thiophene rings is 1. The molecule has 0 saturated heterocycles. The van der Waals surface area contributed by atoms with E-state index in [4.69, 9.17) is 22.9 Å². The van der Waals surface area contributed by atoms with Crippen LogP contribution in [0, 0.1) is 19.7 Å². The molecule has 17 heteroatoms. The summed E-state index contributed by atoms with van der Waals surface area (Å²) >= 11 is 1.71. The van der Waals surface area contributed by atoms with Gasteiger partial charge in [-0.25, -0.2) is 4.39 Å². The van der Waals surface area contributed by atoms with Crippen LogP contribution in [0.15, 0.2) is 222 Å². The number of hydrogen-bond donors (Lipinski definition) is 8. The molecule has 0 radical (unpaired) electrons. The number of phenols is 4. The highest BCUT2D eigenvalue weighted by Crippen LogP contribution is 2.38. The molecule has 0 aliphatic carbocycles. The van der Waals surface area contributed by atoms with E-state index >= 15 is 0 Å². The van der Waals surface area contributed by atoms with Gasteiger partial charge in [0, 0.05) is 60.7 Å². The topological polar surface area (TPSA) is 283 Å². The number of hydrogen-bond acceptors (Lipinski definition) is 11. The molecule has 12 rings (SSSR count). The Morgan fingerprint density at radius 3 is 1.20 bits per heavy atom. The molecule has 4 amide bonds. The minimum absolute atomic E-state index is 0.174. The molecule has 9 aromatic carbocycles. The van der Waals surface area contributed by atoms with Crippen molar-refractivity contribution in [2.45, 2.75) is 79.1 Å². The van der Waals surface area contributed by atoms with E-state index in [2.05, 4.69) is 71.8 Å². The van der Waals surface area contributed by atoms with Gasteiger partial charge in [0.1, 0.15) is 28.8 Å². The predicted molar refractivity (Wildman–Crippen MR) is 395 cm³/mol. The summed E-state index contributed by atoms with van der Waals surface area (Å²) in [6.07, 6.45) is 5.02. The first-order valence-electron chi connectivity index (χ1n) is 32.3. The Hall–Kier alpha value is -11.7. The standard InChI is InChI=1S/C22H20FNO2.C21H22N2O2.C20H19NO2S.C19H19N3O2/c1-14-9-18(12-19(23)10-14)15-5-7-21(16-3-2-4-20(25)13-16)17(11-15)6-8-22(24)26;1-13-12-23-14(2)21(13)17-6-8-19(15-4-3-5-18(24)11-15)16(10-17)7-9-20(22)25;1-13-9-10-24-20(13)16-5-7-18(14-3-2-4-17(22)12-14)15(11-16)6-8-19(21)23;1-22-18(9-10-21-22)15-5-7-17(13-3-2-4-16(23)12-13)14(11-15)6-8-19(20)24/h2-5,7,9-13,25H,6,8H2,1H3,(H2,24,26);3-6,8,10-11,24H,7,9,12H2,1-2H3,(H2,22,25);2-5,7,9-12,22H,6,8H2,1H3,(H2,21,23);2-5,7,9-12,23H,6,8H2,1H3,(H2,20,24). The number of benzene rings is 9. The number of carbonyl (C=O) groups is 4. The highest BCUT2D eigenvalue weighted by Gasteiger charge is 2.19. The lowest BCUT2D eigenvalue weighted by molar-refractivity contribution is -0.118. The number of aliphatic imine (C=N–C) groups is 1. The van der Waals surface area contributed by atoms with Gasteiger partial charge in [0.15, 0.2) is 0 Å². The Labute approximate surface area is 579 Å². The van der Waals surface area contributed by atoms with Crippen molar-refractivity contribution in [3.05, 3.63) is 262 Å². The summed E-state index contributed by atoms with van der Waals surface area (Å²) in [4.78, 5) is 50.7. The van der Waals surface area contributed by atoms with Crippen molar-refractivity contribution in [1.29, 1.82) is 0 Å². The summed E-state index contributed by atoms with van der Waals surface area (Å²) < 4.78 is 15.6. The molecule has 99 heavy (non-hydrogen) atoms. The Bertz CT molecular complexity index is 4670. The van der Waals surface area contributed by atoms with Crippen molar-refractivity contribution < 1.29 is 44.0 Å². The van der Waals surface area contributed by atoms with Gasteiger partial charge >= 0.3 is 0 Å². The molecule has 0 atom stereocenters. The van der Waals surface area contributed by atoms with Crippen LogP contribution >= 0.6 is 11.3 Å². The van der Waals surface area contributed by atoms with Crippen molar-refractivity contribution >= 4 is 46.3 Å². The van der Waals surface area contributed by atoms with Gasteiger partial charge in [-0.15, -0.1) is 11.3 Å². The Kier molecular flexibility index (Phi) is 24.1. The molecule has 0 saturated carbocycles. The fourth-order valence-corrected chi connectivity index (χ4v) is 13.0. The van der Waals surface area contributed by atoms with Gasteiger partial charge < -0.3 is 43.4 Å². The number of carbonyl (C=O) groups excluding carboxylic acids is 4. The summed E-state index contributed by atoms with van der Waals surface area (Å²) in [5.74, 6) is -0.781. The minimum Gasteiger partial charge on any atom is -0.508 e. The quantitative estimate of drug-likeness (QED) is 0.0360. The van der Waals surface area contributed by atoms with E-state index in [-0.39, 0.29) is 65.3 Å². The summed E-state index contributed by atoms with van der Waals surface area (Å²) in [6.45, 7) is 8.81. The largest absolute Gasteiger partial charge is 0.508 e. The van der Waals surface area contributed by atoms with Crippen LogP contribution in [0.1, 0.15) is 78.5 Å². The normalized spacial score (nSPS) is 11.5. The van der Waals surface area contributed by atoms with Crippen LogP contribution in [-0.4, -0.2) is 66.1 Å². The van der Waals surface area contributed by atoms with Gasteiger partial charge in [-0.05, 0) is 249 Å². The number of primary amides is 4. The first kappa shape index (κ1) is 71.6. The molecule has 0 spiro atoms. The Morgan fingerprint density at radius 1 is 0.444 bits per heavy atom. The van der Waals surface area contributed by atoms with Crippen molar-refractivity contribution in [1.82, 2.24) is 9.78 Å². The van der Waals surface area contributed by atoms with Gasteiger partial charge in [0.2, 0.25) is 23.6 Å². The third-order valence-corrected chi connectivity index (χ3v) is 17.9. The number of phenolic OH excluding ortho intramolecular Hbond substituents is 4. The van der Waals surface area contributed by atoms with Gasteiger partial charge in [-0.1, -0.05) is 115 Å². The lowest BCUT2D eigenvalue weighted by Gasteiger charge is -2.14. The van der Waals surface area contributed by atoms with Crippen molar-refractivity contribution in [3.8, 4) is 100 Å². The van der Waals surface area contributed by atoms with E-state index in [1.807, 2.05) is 106 Å². The fourth-order valence-electron chi connectivity index (χ4n) is 12.1. The number of nitrogens with two attached hydrogens (primary N) is 4. The highest BCUT2D eigenvalue weighted by atomic mass is 32.1. The molecule has 0 unspecified atom stereocenters. The lowest BCUT2D eigenvalue weighted by atomic mass is 9.90. The van der Waals surface area contributed by atoms with E-state index in [0.717, 1.165) is 118 Å². The third kappa shape index (κ3) is 19.5. The van der Waals surface area contributed by atoms with Gasteiger partial charge in [-0.2, -0.15) is 5.10 Å². The first-order chi connectivity index (χ1) is 47.5. The maximum absolute atomic E-state index is 13.8. The number of halogens is 1. The predicted octanol–water partition coefficient (Wildman–Crippen LogP) is 15.7. The number of aromatic hydroxyl groups is 4. The molecular formula is C82H80FN7O8S. The second-order valence-corrected chi connectivity index (χ2v) is 25.3. The average molecular weight is 1340 g/mol. The van der Waals surface area contributed by atoms with E-state index in [0.29, 0.717) is 38.5 Å². The summed E-state index contributed by atoms with van der Waals surface area (Å²) in [5, 5.41) is 45.3. The summed E-state index contributed by atoms with van der Waals surface area (Å²) in [5.41, 5.74) is 44.4. The van der Waals surface area contributed by atoms with Gasteiger partial charge in [0.05, 0.1) is 12.2 Å². The molecule has 3 heterocycles. The summed E-state index contributed by atoms with van der Waals surface area (Å²) in [6, 6.07) is 61.7. The Balaban J connectivity index is 0.000000154. The minimum atomic E-state index is -0.376. The molecule has 0 bridgehead atoms. The third-order valence-electron chi connectivity index (χ3n) is 16.9. The maximum atomic E-state index is 13.8. The van der Waals surface area contributed by atoms with Crippen molar-refractivity contribution in [2.24, 2.45) is 35.0 Å². The molecule has 11 aromatic rings. The second kappa shape index (κ2) is 33.3. The average Bonchev–Trinajstić information content (AvgIpc) is 1.81. The van der Waals surface area contributed by atoms with Crippen LogP contribution in [0.25, 0.3) is 82.9 Å². The van der Waals surface area contributed by atoms with Crippen LogP contribution in [0.3, 0.4) is 0 Å². The van der Waals surface area contributed by atoms with Crippen LogP contribution in [0.5, 0.6) is 23.0 Å². The molecule has 1 aliphatic heterocycles. The molecule has 12 N–H and O–H groups in total. The number of aromatic nitrogens is 2. The molecule has 1 aliphatic rings. The van der Waals surface area contributed by atoms with Gasteiger partial charge in [-0.3, -0.25) is 28.9 Å². The van der Waals surface area contributed by atoms with Gasteiger partial charge in [0.25, 0.3) is 0 Å². The Morgan fingerprint density at radius 2 is 0.838 bits per heavy atom. The summed E-state index contributed by atoms with van der Waals surface area (Å²) in [7, 11) is 1.89. The number of aryl methyl sites for hydroxylation is 7. The number of allylic oxidation sites excluding steroid dienone is 1. The molecule has 15 nitrogen and oxygen atoms in total. The first-order valence-corrected chi connectivity index (χ1v) is 33.2. The highest BCUT2D eigenvalue weighted by molar-refractivity contribution is 7.13. The fraction of sp³-hybridized carbons (Fsp3) is 0.171. The lowest BCUT2D eigenvalue weighted by Crippen LogP contribution is -2.11. The van der Waals surface area contributed by atoms with E-state index in [1.54, 1.807) is 82.9 Å². The van der Waals surface area contributed by atoms with E-state index < -0.39 is 0 Å². The zero-order valence-electron chi connectivity index (χ0n) is 55.9. The molecular weight excluding hydrogens is 1260 g/mol. The number of rotatable bonds is 20. The molecule has 2 aromatic heterocycles. The maximum Gasteiger partial charge on any atom is 0.217 e. The number of nitrogens with zero attached hydrogens (tertiary/aromatic N) is 3. The molecule has 504 valence electrons. The van der Waals surface area contributed by atoms with E-state index in [9.17, 15) is 44.0 Å². The van der Waals surface area contributed by atoms with Crippen LogP contribution in [-0.2, 0) is 51.9 Å². The monoisotopic (exact) mass is 1340 g/mol. The SMILES string of the molecule is CC1=NCC(C)=C1c1ccc(-c2cccc(O)c2)c(CCC(N)=O)c1.Cc1cc(F)cc(-c2ccc(-c3cccc(O)c3)c(CCC(N)=O)c2)c1.Cc1ccsc1-c1ccc(-c2cccc(O)c2)c(CCC(N)=O)c1.Cn1nccc1-c1ccc(-c2cccc(O)c2)c(CCC(N)=O)c1. The van der Waals surface area contributed by atoms with Crippen molar-refractivity contribution in [2.75, 3.05) is 6.54 Å². The second-order valence-electron chi connectivity index (χ2n) is 24.4.